The van der Waals surface area contributed by atoms with Crippen LogP contribution in [0.5, 0.6) is 0 Å². The van der Waals surface area contributed by atoms with Crippen molar-refractivity contribution in [3.63, 3.8) is 0 Å². The molecule has 0 atom stereocenters. The first kappa shape index (κ1) is 11.0. The maximum absolute atomic E-state index is 11.8. The highest BCUT2D eigenvalue weighted by Gasteiger charge is 2.49. The average Bonchev–Trinajstić information content (AvgIpc) is 1.94. The Bertz CT molecular complexity index is 277. The summed E-state index contributed by atoms with van der Waals surface area (Å²) in [6.45, 7) is 7.86. The number of hydrogen-bond acceptors (Lipinski definition) is 2. The van der Waals surface area contributed by atoms with Gasteiger partial charge in [0.15, 0.2) is 0 Å². The largest absolute Gasteiger partial charge is 0.350 e. The van der Waals surface area contributed by atoms with Gasteiger partial charge in [-0.25, -0.2) is 0 Å². The lowest BCUT2D eigenvalue weighted by molar-refractivity contribution is -0.135. The molecule has 3 nitrogen and oxygen atoms in total. The monoisotopic (exact) mass is 194 g/mol. The molecule has 14 heavy (non-hydrogen) atoms. The average molecular weight is 194 g/mol. The van der Waals surface area contributed by atoms with Crippen LogP contribution >= 0.6 is 0 Å². The molecule has 0 radical (unpaired) electrons. The number of nitriles is 1. The lowest BCUT2D eigenvalue weighted by atomic mass is 9.63. The lowest BCUT2D eigenvalue weighted by Gasteiger charge is -2.40. The Labute approximate surface area is 85.5 Å². The Kier molecular flexibility index (Phi) is 2.58. The Morgan fingerprint density at radius 2 is 2.00 bits per heavy atom. The summed E-state index contributed by atoms with van der Waals surface area (Å²) in [4.78, 5) is 11.8. The van der Waals surface area contributed by atoms with Crippen molar-refractivity contribution in [3.05, 3.63) is 0 Å². The Morgan fingerprint density at radius 1 is 1.50 bits per heavy atom. The second-order valence-corrected chi connectivity index (χ2v) is 5.41. The van der Waals surface area contributed by atoms with E-state index < -0.39 is 5.41 Å². The molecule has 0 unspecified atom stereocenters. The van der Waals surface area contributed by atoms with E-state index in [-0.39, 0.29) is 11.4 Å². The molecule has 0 aliphatic heterocycles. The quantitative estimate of drug-likeness (QED) is 0.692. The van der Waals surface area contributed by atoms with E-state index in [0.29, 0.717) is 18.8 Å². The van der Waals surface area contributed by atoms with Crippen LogP contribution in [0.25, 0.3) is 0 Å². The molecule has 1 aliphatic carbocycles. The fraction of sp³-hybridized carbons (Fsp3) is 0.818. The third kappa shape index (κ3) is 2.06. The molecule has 0 aromatic carbocycles. The molecule has 1 N–H and O–H groups in total. The van der Waals surface area contributed by atoms with E-state index in [1.165, 1.54) is 0 Å². The number of hydrogen-bond donors (Lipinski definition) is 1. The summed E-state index contributed by atoms with van der Waals surface area (Å²) in [7, 11) is 0. The third-order valence-electron chi connectivity index (χ3n) is 2.53. The Morgan fingerprint density at radius 3 is 2.29 bits per heavy atom. The minimum absolute atomic E-state index is 0.106. The smallest absolute Gasteiger partial charge is 0.240 e. The maximum atomic E-state index is 11.8. The zero-order chi connectivity index (χ0) is 11.0. The molecular weight excluding hydrogens is 176 g/mol. The summed E-state index contributed by atoms with van der Waals surface area (Å²) in [5.41, 5.74) is -0.994. The fourth-order valence-electron chi connectivity index (χ4n) is 1.92. The zero-order valence-electron chi connectivity index (χ0n) is 9.35. The summed E-state index contributed by atoms with van der Waals surface area (Å²) < 4.78 is 0. The van der Waals surface area contributed by atoms with Gasteiger partial charge in [-0.3, -0.25) is 4.79 Å². The van der Waals surface area contributed by atoms with Gasteiger partial charge in [0.1, 0.15) is 5.41 Å². The van der Waals surface area contributed by atoms with Crippen LogP contribution in [-0.4, -0.2) is 11.4 Å². The second-order valence-electron chi connectivity index (χ2n) is 5.41. The van der Waals surface area contributed by atoms with Gasteiger partial charge in [-0.15, -0.1) is 0 Å². The van der Waals surface area contributed by atoms with Crippen LogP contribution in [0, 0.1) is 22.7 Å². The maximum Gasteiger partial charge on any atom is 0.240 e. The molecule has 0 heterocycles. The van der Waals surface area contributed by atoms with Crippen molar-refractivity contribution < 1.29 is 4.79 Å². The summed E-state index contributed by atoms with van der Waals surface area (Å²) in [6, 6.07) is 2.16. The van der Waals surface area contributed by atoms with Gasteiger partial charge in [-0.2, -0.15) is 5.26 Å². The van der Waals surface area contributed by atoms with Gasteiger partial charge in [0.2, 0.25) is 5.91 Å². The molecule has 1 saturated carbocycles. The summed E-state index contributed by atoms with van der Waals surface area (Å²) >= 11 is 0. The number of carbonyl (C=O) groups is 1. The van der Waals surface area contributed by atoms with E-state index in [0.717, 1.165) is 0 Å². The minimum Gasteiger partial charge on any atom is -0.350 e. The first-order chi connectivity index (χ1) is 6.29. The predicted octanol–water partition coefficient (Wildman–Crippen LogP) is 1.84. The SMILES string of the molecule is CC1CC(C#N)(C(=O)NC(C)(C)C)C1. The van der Waals surface area contributed by atoms with E-state index in [1.54, 1.807) is 0 Å². The van der Waals surface area contributed by atoms with Gasteiger partial charge in [0.25, 0.3) is 0 Å². The van der Waals surface area contributed by atoms with E-state index in [4.69, 9.17) is 5.26 Å². The van der Waals surface area contributed by atoms with Crippen molar-refractivity contribution in [2.45, 2.75) is 46.1 Å². The van der Waals surface area contributed by atoms with Crippen molar-refractivity contribution in [2.24, 2.45) is 11.3 Å². The van der Waals surface area contributed by atoms with Gasteiger partial charge in [0, 0.05) is 5.54 Å². The van der Waals surface area contributed by atoms with Crippen LogP contribution in [-0.2, 0) is 4.79 Å². The molecule has 1 rings (SSSR count). The second kappa shape index (κ2) is 3.27. The van der Waals surface area contributed by atoms with Crippen LogP contribution in [0.3, 0.4) is 0 Å². The summed E-state index contributed by atoms with van der Waals surface area (Å²) in [5, 5.41) is 11.9. The van der Waals surface area contributed by atoms with Crippen LogP contribution in [0.4, 0.5) is 0 Å². The van der Waals surface area contributed by atoms with Crippen molar-refractivity contribution in [1.29, 1.82) is 5.26 Å². The van der Waals surface area contributed by atoms with Crippen molar-refractivity contribution in [3.8, 4) is 6.07 Å². The third-order valence-corrected chi connectivity index (χ3v) is 2.53. The minimum atomic E-state index is -0.743. The number of amides is 1. The van der Waals surface area contributed by atoms with Crippen molar-refractivity contribution >= 4 is 5.91 Å². The first-order valence-corrected chi connectivity index (χ1v) is 5.03. The van der Waals surface area contributed by atoms with Crippen LogP contribution in [0.2, 0.25) is 0 Å². The zero-order valence-corrected chi connectivity index (χ0v) is 9.35. The number of nitrogens with zero attached hydrogens (tertiary/aromatic N) is 1. The predicted molar refractivity (Wildman–Crippen MR) is 54.3 cm³/mol. The molecule has 1 amide bonds. The van der Waals surface area contributed by atoms with Crippen LogP contribution < -0.4 is 5.32 Å². The molecule has 0 spiro atoms. The van der Waals surface area contributed by atoms with E-state index in [9.17, 15) is 4.79 Å². The molecule has 0 aromatic rings. The van der Waals surface area contributed by atoms with Crippen molar-refractivity contribution in [2.75, 3.05) is 0 Å². The molecule has 0 aromatic heterocycles. The molecule has 1 fully saturated rings. The number of rotatable bonds is 1. The van der Waals surface area contributed by atoms with Crippen LogP contribution in [0.1, 0.15) is 40.5 Å². The standard InChI is InChI=1S/C11H18N2O/c1-8-5-11(6-8,7-12)9(14)13-10(2,3)4/h8H,5-6H2,1-4H3,(H,13,14). The fourth-order valence-corrected chi connectivity index (χ4v) is 1.92. The van der Waals surface area contributed by atoms with E-state index in [1.807, 2.05) is 20.8 Å². The highest BCUT2D eigenvalue weighted by molar-refractivity contribution is 5.87. The summed E-state index contributed by atoms with van der Waals surface area (Å²) in [5.74, 6) is 0.394. The Balaban J connectivity index is 2.65. The molecule has 78 valence electrons. The molecule has 0 bridgehead atoms. The lowest BCUT2D eigenvalue weighted by Crippen LogP contribution is -2.53. The molecular formula is C11H18N2O. The van der Waals surface area contributed by atoms with Gasteiger partial charge in [0.05, 0.1) is 6.07 Å². The highest BCUT2D eigenvalue weighted by atomic mass is 16.2. The van der Waals surface area contributed by atoms with Crippen molar-refractivity contribution in [1.82, 2.24) is 5.32 Å². The van der Waals surface area contributed by atoms with E-state index in [2.05, 4.69) is 18.3 Å². The number of nitrogens with one attached hydrogen (secondary N) is 1. The molecule has 0 saturated heterocycles. The summed E-state index contributed by atoms with van der Waals surface area (Å²) in [6.07, 6.45) is 1.40. The topological polar surface area (TPSA) is 52.9 Å². The van der Waals surface area contributed by atoms with E-state index >= 15 is 0 Å². The highest BCUT2D eigenvalue weighted by Crippen LogP contribution is 2.45. The van der Waals surface area contributed by atoms with Gasteiger partial charge in [-0.05, 0) is 39.5 Å². The Hall–Kier alpha value is -1.04. The van der Waals surface area contributed by atoms with Gasteiger partial charge < -0.3 is 5.32 Å². The molecule has 3 heteroatoms. The number of carbonyl (C=O) groups excluding carboxylic acids is 1. The molecule has 1 aliphatic rings. The van der Waals surface area contributed by atoms with Gasteiger partial charge in [-0.1, -0.05) is 6.92 Å². The van der Waals surface area contributed by atoms with Crippen LogP contribution in [0.15, 0.2) is 0 Å². The first-order valence-electron chi connectivity index (χ1n) is 5.03. The normalized spacial score (nSPS) is 31.5. The van der Waals surface area contributed by atoms with Gasteiger partial charge >= 0.3 is 0 Å².